The molecule has 0 aliphatic heterocycles. The Hall–Kier alpha value is -1.10. The van der Waals surface area contributed by atoms with Gasteiger partial charge in [0.1, 0.15) is 0 Å². The summed E-state index contributed by atoms with van der Waals surface area (Å²) in [6, 6.07) is -0.281. The molecule has 2 atom stereocenters. The quantitative estimate of drug-likeness (QED) is 0.631. The minimum absolute atomic E-state index is 0.0224. The van der Waals surface area contributed by atoms with E-state index in [1.165, 1.54) is 0 Å². The molecule has 0 heterocycles. The van der Waals surface area contributed by atoms with E-state index in [1.807, 2.05) is 6.92 Å². The van der Waals surface area contributed by atoms with E-state index in [1.54, 1.807) is 25.8 Å². The van der Waals surface area contributed by atoms with Crippen LogP contribution in [-0.2, 0) is 9.59 Å². The maximum Gasteiger partial charge on any atom is 0.239 e. The third kappa shape index (κ3) is 4.78. The van der Waals surface area contributed by atoms with Crippen molar-refractivity contribution >= 4 is 11.8 Å². The highest BCUT2D eigenvalue weighted by atomic mass is 16.2. The van der Waals surface area contributed by atoms with Crippen LogP contribution in [0.3, 0.4) is 0 Å². The number of carbonyl (C=O) groups is 2. The minimum atomic E-state index is -0.356. The predicted octanol–water partition coefficient (Wildman–Crippen LogP) is -0.436. The number of nitrogens with two attached hydrogens (primary N) is 1. The maximum atomic E-state index is 11.6. The molecule has 15 heavy (non-hydrogen) atoms. The van der Waals surface area contributed by atoms with Crippen LogP contribution in [0, 0.1) is 5.92 Å². The Balaban J connectivity index is 3.98. The summed E-state index contributed by atoms with van der Waals surface area (Å²) in [5.74, 6) is -0.590. The van der Waals surface area contributed by atoms with E-state index >= 15 is 0 Å². The predicted molar refractivity (Wildman–Crippen MR) is 59.1 cm³/mol. The molecule has 2 unspecified atom stereocenters. The number of nitrogens with one attached hydrogen (secondary N) is 1. The highest BCUT2D eigenvalue weighted by molar-refractivity contribution is 5.81. The van der Waals surface area contributed by atoms with Crippen molar-refractivity contribution in [1.29, 1.82) is 0 Å². The van der Waals surface area contributed by atoms with E-state index in [9.17, 15) is 9.59 Å². The summed E-state index contributed by atoms with van der Waals surface area (Å²) in [5.41, 5.74) is 5.11. The molecule has 0 rings (SSSR count). The van der Waals surface area contributed by atoms with Gasteiger partial charge in [-0.05, 0) is 13.8 Å². The van der Waals surface area contributed by atoms with Gasteiger partial charge in [0.25, 0.3) is 0 Å². The highest BCUT2D eigenvalue weighted by Crippen LogP contribution is 1.95. The lowest BCUT2D eigenvalue weighted by atomic mass is 10.1. The number of nitrogens with zero attached hydrogens (tertiary/aromatic N) is 1. The summed E-state index contributed by atoms with van der Waals surface area (Å²) < 4.78 is 0. The molecule has 88 valence electrons. The van der Waals surface area contributed by atoms with Gasteiger partial charge < -0.3 is 16.0 Å². The summed E-state index contributed by atoms with van der Waals surface area (Å²) >= 11 is 0. The monoisotopic (exact) mass is 215 g/mol. The lowest BCUT2D eigenvalue weighted by molar-refractivity contribution is -0.132. The van der Waals surface area contributed by atoms with Crippen molar-refractivity contribution in [3.63, 3.8) is 0 Å². The number of carbonyl (C=O) groups excluding carboxylic acids is 2. The molecular weight excluding hydrogens is 194 g/mol. The Labute approximate surface area is 91.0 Å². The Bertz CT molecular complexity index is 231. The Morgan fingerprint density at radius 1 is 1.40 bits per heavy atom. The highest BCUT2D eigenvalue weighted by Gasteiger charge is 2.17. The zero-order valence-corrected chi connectivity index (χ0v) is 9.91. The van der Waals surface area contributed by atoms with Crippen LogP contribution < -0.4 is 11.1 Å². The molecule has 0 bridgehead atoms. The smallest absolute Gasteiger partial charge is 0.239 e. The Kier molecular flexibility index (Phi) is 5.93. The van der Waals surface area contributed by atoms with E-state index < -0.39 is 0 Å². The summed E-state index contributed by atoms with van der Waals surface area (Å²) in [7, 11) is 1.75. The number of amides is 2. The third-order valence-electron chi connectivity index (χ3n) is 2.44. The van der Waals surface area contributed by atoms with Crippen molar-refractivity contribution in [2.75, 3.05) is 20.1 Å². The van der Waals surface area contributed by atoms with Gasteiger partial charge in [-0.25, -0.2) is 0 Å². The van der Waals surface area contributed by atoms with Crippen molar-refractivity contribution in [2.45, 2.75) is 26.8 Å². The molecule has 0 aromatic rings. The topological polar surface area (TPSA) is 75.4 Å². The van der Waals surface area contributed by atoms with E-state index in [0.717, 1.165) is 0 Å². The van der Waals surface area contributed by atoms with Gasteiger partial charge in [-0.3, -0.25) is 9.59 Å². The molecule has 3 N–H and O–H groups in total. The fraction of sp³-hybridized carbons (Fsp3) is 0.800. The van der Waals surface area contributed by atoms with E-state index in [0.29, 0.717) is 13.1 Å². The van der Waals surface area contributed by atoms with Gasteiger partial charge >= 0.3 is 0 Å². The van der Waals surface area contributed by atoms with Crippen molar-refractivity contribution in [3.8, 4) is 0 Å². The molecule has 0 aliphatic carbocycles. The first-order valence-corrected chi connectivity index (χ1v) is 5.17. The van der Waals surface area contributed by atoms with Gasteiger partial charge in [0.15, 0.2) is 0 Å². The van der Waals surface area contributed by atoms with E-state index in [2.05, 4.69) is 5.32 Å². The molecule has 0 aromatic heterocycles. The van der Waals surface area contributed by atoms with Crippen LogP contribution in [0.25, 0.3) is 0 Å². The van der Waals surface area contributed by atoms with Crippen molar-refractivity contribution < 1.29 is 9.59 Å². The van der Waals surface area contributed by atoms with Crippen molar-refractivity contribution in [3.05, 3.63) is 0 Å². The molecule has 0 fully saturated rings. The fourth-order valence-corrected chi connectivity index (χ4v) is 1.03. The lowest BCUT2D eigenvalue weighted by Crippen LogP contribution is -2.45. The first kappa shape index (κ1) is 13.9. The van der Waals surface area contributed by atoms with Crippen LogP contribution in [-0.4, -0.2) is 42.9 Å². The molecule has 0 spiro atoms. The second-order valence-corrected chi connectivity index (χ2v) is 3.79. The summed E-state index contributed by atoms with van der Waals surface area (Å²) in [5, 5.41) is 2.99. The van der Waals surface area contributed by atoms with Gasteiger partial charge in [-0.15, -0.1) is 0 Å². The van der Waals surface area contributed by atoms with E-state index in [4.69, 9.17) is 5.73 Å². The second kappa shape index (κ2) is 6.40. The summed E-state index contributed by atoms with van der Waals surface area (Å²) in [4.78, 5) is 24.0. The molecule has 5 nitrogen and oxygen atoms in total. The lowest BCUT2D eigenvalue weighted by Gasteiger charge is -2.21. The van der Waals surface area contributed by atoms with Gasteiger partial charge in [0, 0.05) is 26.1 Å². The average Bonchev–Trinajstić information content (AvgIpc) is 2.22. The molecular formula is C10H21N3O2. The van der Waals surface area contributed by atoms with Crippen LogP contribution in [0.5, 0.6) is 0 Å². The standard InChI is InChI=1S/C10H21N3O2/c1-5-13(4)10(15)8(3)12-6-7(2)9(11)14/h7-8,12H,5-6H2,1-4H3,(H2,11,14). The first-order valence-electron chi connectivity index (χ1n) is 5.17. The summed E-state index contributed by atoms with van der Waals surface area (Å²) in [6.45, 7) is 6.53. The maximum absolute atomic E-state index is 11.6. The molecule has 0 saturated carbocycles. The number of primary amides is 1. The van der Waals surface area contributed by atoms with Gasteiger partial charge in [0.2, 0.25) is 11.8 Å². The van der Waals surface area contributed by atoms with Gasteiger partial charge in [0.05, 0.1) is 6.04 Å². The minimum Gasteiger partial charge on any atom is -0.369 e. The molecule has 0 saturated heterocycles. The number of likely N-dealkylation sites (N-methyl/N-ethyl adjacent to an activating group) is 1. The van der Waals surface area contributed by atoms with E-state index in [-0.39, 0.29) is 23.8 Å². The molecule has 2 amide bonds. The van der Waals surface area contributed by atoms with Crippen molar-refractivity contribution in [2.24, 2.45) is 11.7 Å². The van der Waals surface area contributed by atoms with Crippen molar-refractivity contribution in [1.82, 2.24) is 10.2 Å². The molecule has 0 aliphatic rings. The number of rotatable bonds is 6. The molecule has 0 radical (unpaired) electrons. The normalized spacial score (nSPS) is 14.4. The zero-order chi connectivity index (χ0) is 12.0. The number of hydrogen-bond acceptors (Lipinski definition) is 3. The average molecular weight is 215 g/mol. The number of hydrogen-bond donors (Lipinski definition) is 2. The SMILES string of the molecule is CCN(C)C(=O)C(C)NCC(C)C(N)=O. The summed E-state index contributed by atoms with van der Waals surface area (Å²) in [6.07, 6.45) is 0. The second-order valence-electron chi connectivity index (χ2n) is 3.79. The van der Waals surface area contributed by atoms with Crippen LogP contribution in [0.15, 0.2) is 0 Å². The Morgan fingerprint density at radius 2 is 1.93 bits per heavy atom. The largest absolute Gasteiger partial charge is 0.369 e. The van der Waals surface area contributed by atoms with Gasteiger partial charge in [-0.1, -0.05) is 6.92 Å². The molecule has 0 aromatic carbocycles. The third-order valence-corrected chi connectivity index (χ3v) is 2.44. The fourth-order valence-electron chi connectivity index (χ4n) is 1.03. The van der Waals surface area contributed by atoms with Crippen LogP contribution in [0.2, 0.25) is 0 Å². The van der Waals surface area contributed by atoms with Crippen LogP contribution in [0.1, 0.15) is 20.8 Å². The zero-order valence-electron chi connectivity index (χ0n) is 9.91. The first-order chi connectivity index (χ1) is 6.90. The molecule has 5 heteroatoms. The van der Waals surface area contributed by atoms with Crippen LogP contribution >= 0.6 is 0 Å². The Morgan fingerprint density at radius 3 is 2.33 bits per heavy atom. The van der Waals surface area contributed by atoms with Gasteiger partial charge in [-0.2, -0.15) is 0 Å². The van der Waals surface area contributed by atoms with Crippen LogP contribution in [0.4, 0.5) is 0 Å².